The Morgan fingerprint density at radius 1 is 1.32 bits per heavy atom. The number of aromatic nitrogens is 1. The molecule has 1 aromatic heterocycles. The van der Waals surface area contributed by atoms with Gasteiger partial charge in [0, 0.05) is 17.7 Å². The molecule has 1 aromatic carbocycles. The quantitative estimate of drug-likeness (QED) is 0.866. The summed E-state index contributed by atoms with van der Waals surface area (Å²) in [7, 11) is 0. The first kappa shape index (κ1) is 14.4. The van der Waals surface area contributed by atoms with E-state index in [4.69, 9.17) is 0 Å². The van der Waals surface area contributed by atoms with Crippen molar-refractivity contribution in [1.82, 2.24) is 4.57 Å². The highest BCUT2D eigenvalue weighted by atomic mass is 19.1. The van der Waals surface area contributed by atoms with Crippen molar-refractivity contribution in [2.75, 3.05) is 0 Å². The van der Waals surface area contributed by atoms with Crippen LogP contribution in [0.25, 0.3) is 0 Å². The normalized spacial score (nSPS) is 13.5. The molecule has 2 aromatic rings. The third kappa shape index (κ3) is 3.20. The van der Waals surface area contributed by atoms with Crippen molar-refractivity contribution < 1.29 is 9.50 Å². The minimum atomic E-state index is -0.366. The number of pyridine rings is 1. The van der Waals surface area contributed by atoms with Gasteiger partial charge in [0.25, 0.3) is 5.56 Å². The van der Waals surface area contributed by atoms with Crippen LogP contribution in [-0.4, -0.2) is 9.67 Å². The maximum atomic E-state index is 14.1. The fourth-order valence-electron chi connectivity index (χ4n) is 2.26. The highest BCUT2D eigenvalue weighted by Gasteiger charge is 2.18. The molecule has 1 aliphatic rings. The summed E-state index contributed by atoms with van der Waals surface area (Å²) in [5.41, 5.74) is 1.40. The molecule has 112 valence electrons. The summed E-state index contributed by atoms with van der Waals surface area (Å²) in [5, 5.41) is 9.39. The van der Waals surface area contributed by atoms with Gasteiger partial charge in [-0.2, -0.15) is 0 Å². The number of aromatic hydroxyl groups is 1. The van der Waals surface area contributed by atoms with E-state index in [0.717, 1.165) is 18.9 Å². The van der Waals surface area contributed by atoms with Gasteiger partial charge in [-0.05, 0) is 43.5 Å². The predicted molar refractivity (Wildman–Crippen MR) is 82.2 cm³/mol. The number of aryl methyl sites for hydroxylation is 1. The van der Waals surface area contributed by atoms with Crippen LogP contribution in [0.1, 0.15) is 29.7 Å². The molecule has 1 saturated carbocycles. The Balaban J connectivity index is 1.86. The molecule has 3 nitrogen and oxygen atoms in total. The molecule has 0 aliphatic heterocycles. The number of benzene rings is 1. The second-order valence-electron chi connectivity index (χ2n) is 5.64. The van der Waals surface area contributed by atoms with Gasteiger partial charge < -0.3 is 9.67 Å². The zero-order valence-corrected chi connectivity index (χ0v) is 12.3. The summed E-state index contributed by atoms with van der Waals surface area (Å²) in [5.74, 6) is 5.91. The van der Waals surface area contributed by atoms with Crippen LogP contribution in [-0.2, 0) is 6.54 Å². The minimum absolute atomic E-state index is 0.0596. The first-order valence-electron chi connectivity index (χ1n) is 7.23. The van der Waals surface area contributed by atoms with Gasteiger partial charge in [-0.15, -0.1) is 0 Å². The van der Waals surface area contributed by atoms with Crippen molar-refractivity contribution in [2.45, 2.75) is 26.3 Å². The number of nitrogens with zero attached hydrogens (tertiary/aromatic N) is 1. The topological polar surface area (TPSA) is 42.2 Å². The van der Waals surface area contributed by atoms with E-state index in [1.54, 1.807) is 19.1 Å². The molecule has 0 spiro atoms. The average Bonchev–Trinajstić information content (AvgIpc) is 3.26. The second-order valence-corrected chi connectivity index (χ2v) is 5.64. The third-order valence-electron chi connectivity index (χ3n) is 3.68. The molecule has 0 radical (unpaired) electrons. The summed E-state index contributed by atoms with van der Waals surface area (Å²) in [6, 6.07) is 7.50. The molecule has 0 saturated heterocycles. The van der Waals surface area contributed by atoms with E-state index in [0.29, 0.717) is 22.7 Å². The third-order valence-corrected chi connectivity index (χ3v) is 3.68. The molecule has 4 heteroatoms. The zero-order chi connectivity index (χ0) is 15.7. The van der Waals surface area contributed by atoms with Crippen molar-refractivity contribution >= 4 is 0 Å². The van der Waals surface area contributed by atoms with Crippen molar-refractivity contribution in [3.05, 3.63) is 63.3 Å². The lowest BCUT2D eigenvalue weighted by molar-refractivity contribution is 0.470. The van der Waals surface area contributed by atoms with Crippen LogP contribution in [0.2, 0.25) is 0 Å². The highest BCUT2D eigenvalue weighted by Crippen LogP contribution is 2.27. The van der Waals surface area contributed by atoms with Crippen molar-refractivity contribution in [1.29, 1.82) is 0 Å². The van der Waals surface area contributed by atoms with E-state index in [-0.39, 0.29) is 23.7 Å². The van der Waals surface area contributed by atoms with E-state index in [2.05, 4.69) is 11.8 Å². The lowest BCUT2D eigenvalue weighted by Crippen LogP contribution is -2.21. The standard InChI is InChI=1S/C18H16FNO2/c1-12-8-16(21)10-18(22)20(12)11-14-5-7-15(17(19)9-14)6-4-13-2-3-13/h5,7-10,13,21H,2-3,11H2,1H3. The van der Waals surface area contributed by atoms with Crippen LogP contribution in [0.3, 0.4) is 0 Å². The molecule has 1 N–H and O–H groups in total. The molecule has 0 amide bonds. The largest absolute Gasteiger partial charge is 0.508 e. The first-order valence-corrected chi connectivity index (χ1v) is 7.23. The van der Waals surface area contributed by atoms with E-state index >= 15 is 0 Å². The predicted octanol–water partition coefficient (Wildman–Crippen LogP) is 2.81. The molecule has 0 atom stereocenters. The molecule has 22 heavy (non-hydrogen) atoms. The van der Waals surface area contributed by atoms with Gasteiger partial charge in [0.2, 0.25) is 0 Å². The molecular weight excluding hydrogens is 281 g/mol. The van der Waals surface area contributed by atoms with E-state index < -0.39 is 0 Å². The van der Waals surface area contributed by atoms with Gasteiger partial charge in [-0.3, -0.25) is 4.79 Å². The Bertz CT molecular complexity index is 838. The van der Waals surface area contributed by atoms with Gasteiger partial charge in [0.05, 0.1) is 12.1 Å². The fourth-order valence-corrected chi connectivity index (χ4v) is 2.26. The summed E-state index contributed by atoms with van der Waals surface area (Å²) >= 11 is 0. The van der Waals surface area contributed by atoms with Crippen LogP contribution in [0.5, 0.6) is 5.75 Å². The lowest BCUT2D eigenvalue weighted by atomic mass is 10.1. The number of halogens is 1. The fraction of sp³-hybridized carbons (Fsp3) is 0.278. The minimum Gasteiger partial charge on any atom is -0.508 e. The van der Waals surface area contributed by atoms with Crippen LogP contribution in [0.15, 0.2) is 35.1 Å². The number of rotatable bonds is 2. The average molecular weight is 297 g/mol. The molecule has 3 rings (SSSR count). The smallest absolute Gasteiger partial charge is 0.254 e. The maximum Gasteiger partial charge on any atom is 0.254 e. The maximum absolute atomic E-state index is 14.1. The SMILES string of the molecule is Cc1cc(O)cc(=O)n1Cc1ccc(C#CC2CC2)c(F)c1. The summed E-state index contributed by atoms with van der Waals surface area (Å²) in [6.45, 7) is 1.99. The summed E-state index contributed by atoms with van der Waals surface area (Å²) in [6.07, 6.45) is 2.21. The molecule has 1 aliphatic carbocycles. The van der Waals surface area contributed by atoms with Gasteiger partial charge in [0.15, 0.2) is 0 Å². The van der Waals surface area contributed by atoms with Crippen LogP contribution in [0.4, 0.5) is 4.39 Å². The molecule has 1 fully saturated rings. The lowest BCUT2D eigenvalue weighted by Gasteiger charge is -2.10. The molecule has 1 heterocycles. The van der Waals surface area contributed by atoms with Gasteiger partial charge in [-0.1, -0.05) is 17.9 Å². The summed E-state index contributed by atoms with van der Waals surface area (Å²) < 4.78 is 15.5. The molecule has 0 bridgehead atoms. The van der Waals surface area contributed by atoms with E-state index in [9.17, 15) is 14.3 Å². The van der Waals surface area contributed by atoms with Crippen LogP contribution < -0.4 is 5.56 Å². The van der Waals surface area contributed by atoms with Crippen molar-refractivity contribution in [3.63, 3.8) is 0 Å². The first-order chi connectivity index (χ1) is 10.5. The van der Waals surface area contributed by atoms with E-state index in [1.165, 1.54) is 16.7 Å². The van der Waals surface area contributed by atoms with Gasteiger partial charge in [0.1, 0.15) is 11.6 Å². The van der Waals surface area contributed by atoms with Crippen molar-refractivity contribution in [3.8, 4) is 17.6 Å². The number of hydrogen-bond donors (Lipinski definition) is 1. The zero-order valence-electron chi connectivity index (χ0n) is 12.3. The Morgan fingerprint density at radius 2 is 2.09 bits per heavy atom. The van der Waals surface area contributed by atoms with E-state index in [1.807, 2.05) is 0 Å². The van der Waals surface area contributed by atoms with Crippen molar-refractivity contribution in [2.24, 2.45) is 5.92 Å². The van der Waals surface area contributed by atoms with Gasteiger partial charge >= 0.3 is 0 Å². The Morgan fingerprint density at radius 3 is 2.73 bits per heavy atom. The van der Waals surface area contributed by atoms with Crippen LogP contribution >= 0.6 is 0 Å². The number of hydrogen-bond acceptors (Lipinski definition) is 2. The molecular formula is C18H16FNO2. The summed E-state index contributed by atoms with van der Waals surface area (Å²) in [4.78, 5) is 11.9. The highest BCUT2D eigenvalue weighted by molar-refractivity contribution is 5.38. The van der Waals surface area contributed by atoms with Gasteiger partial charge in [-0.25, -0.2) is 4.39 Å². The Labute approximate surface area is 128 Å². The Kier molecular flexibility index (Phi) is 3.72. The van der Waals surface area contributed by atoms with Crippen LogP contribution in [0, 0.1) is 30.5 Å². The monoisotopic (exact) mass is 297 g/mol. The molecule has 0 unspecified atom stereocenters. The Hall–Kier alpha value is -2.54. The second kappa shape index (κ2) is 5.69.